The van der Waals surface area contributed by atoms with Crippen LogP contribution in [-0.4, -0.2) is 23.9 Å². The molecule has 0 bridgehead atoms. The van der Waals surface area contributed by atoms with E-state index in [1.165, 1.54) is 22.7 Å². The number of thiazole rings is 1. The van der Waals surface area contributed by atoms with Crippen LogP contribution >= 0.6 is 22.7 Å². The lowest BCUT2D eigenvalue weighted by atomic mass is 10.2. The van der Waals surface area contributed by atoms with E-state index in [1.807, 2.05) is 35.7 Å². The molecule has 9 heteroatoms. The maximum absolute atomic E-state index is 12.4. The maximum atomic E-state index is 12.4. The van der Waals surface area contributed by atoms with Crippen LogP contribution in [0.5, 0.6) is 17.2 Å². The van der Waals surface area contributed by atoms with Crippen LogP contribution in [0.15, 0.2) is 71.4 Å². The van der Waals surface area contributed by atoms with E-state index in [1.54, 1.807) is 42.8 Å². The van der Waals surface area contributed by atoms with Gasteiger partial charge in [-0.3, -0.25) is 14.9 Å². The first kappa shape index (κ1) is 21.5. The molecule has 2 N–H and O–H groups in total. The highest BCUT2D eigenvalue weighted by Crippen LogP contribution is 2.31. The molecule has 0 saturated carbocycles. The summed E-state index contributed by atoms with van der Waals surface area (Å²) in [6, 6.07) is 18.0. The summed E-state index contributed by atoms with van der Waals surface area (Å²) in [5.41, 5.74) is 1.23. The van der Waals surface area contributed by atoms with Crippen LogP contribution in [0.25, 0.3) is 0 Å². The monoisotopic (exact) mass is 465 g/mol. The zero-order chi connectivity index (χ0) is 22.3. The van der Waals surface area contributed by atoms with Crippen molar-refractivity contribution in [1.82, 2.24) is 4.98 Å². The number of nitrogens with one attached hydrogen (secondary N) is 2. The Labute approximate surface area is 192 Å². The van der Waals surface area contributed by atoms with Gasteiger partial charge in [0.1, 0.15) is 5.75 Å². The number of methoxy groups -OCH3 is 1. The first-order valence-corrected chi connectivity index (χ1v) is 11.4. The Morgan fingerprint density at radius 1 is 0.938 bits per heavy atom. The van der Waals surface area contributed by atoms with Gasteiger partial charge in [-0.15, -0.1) is 22.7 Å². The number of benzene rings is 2. The predicted molar refractivity (Wildman–Crippen MR) is 126 cm³/mol. The maximum Gasteiger partial charge on any atom is 0.267 e. The fraction of sp³-hybridized carbons (Fsp3) is 0.0870. The highest BCUT2D eigenvalue weighted by atomic mass is 32.1. The number of hydrogen-bond acceptors (Lipinski definition) is 7. The fourth-order valence-corrected chi connectivity index (χ4v) is 4.14. The molecule has 4 aromatic rings. The molecule has 0 aliphatic rings. The normalized spacial score (nSPS) is 10.4. The molecule has 2 aromatic heterocycles. The van der Waals surface area contributed by atoms with Gasteiger partial charge in [0.25, 0.3) is 5.91 Å². The van der Waals surface area contributed by atoms with Crippen molar-refractivity contribution in [2.45, 2.75) is 6.42 Å². The molecule has 32 heavy (non-hydrogen) atoms. The number of carbonyl (C=O) groups is 2. The molecule has 0 atom stereocenters. The fourth-order valence-electron chi connectivity index (χ4n) is 2.82. The second-order valence-corrected chi connectivity index (χ2v) is 8.38. The number of thiophene rings is 1. The van der Waals surface area contributed by atoms with E-state index in [9.17, 15) is 9.59 Å². The Bertz CT molecular complexity index is 1200. The quantitative estimate of drug-likeness (QED) is 0.362. The Morgan fingerprint density at radius 3 is 2.44 bits per heavy atom. The van der Waals surface area contributed by atoms with E-state index in [2.05, 4.69) is 15.6 Å². The summed E-state index contributed by atoms with van der Waals surface area (Å²) in [6.45, 7) is 0. The molecule has 4 rings (SSSR count). The highest BCUT2D eigenvalue weighted by molar-refractivity contribution is 7.14. The smallest absolute Gasteiger partial charge is 0.267 e. The lowest BCUT2D eigenvalue weighted by Crippen LogP contribution is -2.15. The van der Waals surface area contributed by atoms with Crippen LogP contribution in [-0.2, 0) is 11.2 Å². The van der Waals surface area contributed by atoms with Crippen LogP contribution in [0.1, 0.15) is 15.4 Å². The lowest BCUT2D eigenvalue weighted by Gasteiger charge is -2.10. The van der Waals surface area contributed by atoms with Crippen molar-refractivity contribution in [2.24, 2.45) is 0 Å². The van der Waals surface area contributed by atoms with Crippen LogP contribution in [0.2, 0.25) is 0 Å². The number of aromatic nitrogens is 1. The van der Waals surface area contributed by atoms with Crippen LogP contribution < -0.4 is 20.1 Å². The molecular formula is C23H19N3O4S2. The number of ether oxygens (including phenoxy) is 2. The number of amides is 2. The van der Waals surface area contributed by atoms with Crippen LogP contribution in [0.4, 0.5) is 10.8 Å². The van der Waals surface area contributed by atoms with Crippen molar-refractivity contribution in [3.05, 3.63) is 82.0 Å². The minimum absolute atomic E-state index is 0.102. The van der Waals surface area contributed by atoms with E-state index < -0.39 is 0 Å². The molecule has 2 aromatic carbocycles. The molecule has 0 unspecified atom stereocenters. The van der Waals surface area contributed by atoms with Gasteiger partial charge in [-0.25, -0.2) is 4.98 Å². The number of hydrogen-bond donors (Lipinski definition) is 2. The first-order chi connectivity index (χ1) is 15.6. The van der Waals surface area contributed by atoms with E-state index in [4.69, 9.17) is 9.47 Å². The summed E-state index contributed by atoms with van der Waals surface area (Å²) in [4.78, 5) is 29.4. The van der Waals surface area contributed by atoms with Gasteiger partial charge in [0.05, 0.1) is 24.1 Å². The van der Waals surface area contributed by atoms with Crippen molar-refractivity contribution in [3.8, 4) is 17.2 Å². The van der Waals surface area contributed by atoms with Crippen molar-refractivity contribution < 1.29 is 19.1 Å². The van der Waals surface area contributed by atoms with E-state index >= 15 is 0 Å². The van der Waals surface area contributed by atoms with Crippen molar-refractivity contribution >= 4 is 45.3 Å². The number of nitrogens with zero attached hydrogens (tertiary/aromatic N) is 1. The van der Waals surface area contributed by atoms with Gasteiger partial charge in [-0.1, -0.05) is 18.2 Å². The Morgan fingerprint density at radius 2 is 1.72 bits per heavy atom. The molecule has 0 radical (unpaired) electrons. The third-order valence-corrected chi connectivity index (χ3v) is 5.97. The molecule has 2 heterocycles. The van der Waals surface area contributed by atoms with Gasteiger partial charge in [0.15, 0.2) is 16.6 Å². The largest absolute Gasteiger partial charge is 0.493 e. The number of rotatable bonds is 8. The van der Waals surface area contributed by atoms with E-state index in [0.29, 0.717) is 38.6 Å². The van der Waals surface area contributed by atoms with Crippen molar-refractivity contribution in [2.75, 3.05) is 17.7 Å². The van der Waals surface area contributed by atoms with E-state index in [-0.39, 0.29) is 18.2 Å². The van der Waals surface area contributed by atoms with Gasteiger partial charge < -0.3 is 14.8 Å². The third-order valence-electron chi connectivity index (χ3n) is 4.29. The number of para-hydroxylation sites is 2. The number of carbonyl (C=O) groups excluding carboxylic acids is 2. The average molecular weight is 466 g/mol. The zero-order valence-electron chi connectivity index (χ0n) is 17.0. The summed E-state index contributed by atoms with van der Waals surface area (Å²) in [7, 11) is 1.59. The van der Waals surface area contributed by atoms with Gasteiger partial charge in [0, 0.05) is 11.1 Å². The van der Waals surface area contributed by atoms with Crippen molar-refractivity contribution in [3.63, 3.8) is 0 Å². The van der Waals surface area contributed by atoms with E-state index in [0.717, 1.165) is 0 Å². The number of anilines is 2. The molecule has 0 spiro atoms. The molecule has 162 valence electrons. The predicted octanol–water partition coefficient (Wildman–Crippen LogP) is 5.44. The SMILES string of the molecule is COc1ccccc1Oc1ccc(NC(=O)Cc2csc(NC(=O)c3cccs3)n2)cc1. The molecular weight excluding hydrogens is 446 g/mol. The van der Waals surface area contributed by atoms with Crippen molar-refractivity contribution in [1.29, 1.82) is 0 Å². The minimum Gasteiger partial charge on any atom is -0.493 e. The van der Waals surface area contributed by atoms with Crippen LogP contribution in [0.3, 0.4) is 0 Å². The summed E-state index contributed by atoms with van der Waals surface area (Å²) >= 11 is 2.64. The van der Waals surface area contributed by atoms with Gasteiger partial charge in [0.2, 0.25) is 5.91 Å². The van der Waals surface area contributed by atoms with Crippen LogP contribution in [0, 0.1) is 0 Å². The summed E-state index contributed by atoms with van der Waals surface area (Å²) in [5, 5.41) is 9.64. The van der Waals surface area contributed by atoms with Gasteiger partial charge in [-0.05, 0) is 47.8 Å². The Balaban J connectivity index is 1.30. The summed E-state index contributed by atoms with van der Waals surface area (Å²) < 4.78 is 11.1. The molecule has 0 aliphatic carbocycles. The molecule has 0 aliphatic heterocycles. The zero-order valence-corrected chi connectivity index (χ0v) is 18.7. The van der Waals surface area contributed by atoms with Gasteiger partial charge in [-0.2, -0.15) is 0 Å². The average Bonchev–Trinajstić information content (AvgIpc) is 3.48. The standard InChI is InChI=1S/C23H19N3O4S2/c1-29-18-5-2-3-6-19(18)30-17-10-8-15(9-11-17)24-21(27)13-16-14-32-23(25-16)26-22(28)20-7-4-12-31-20/h2-12,14H,13H2,1H3,(H,24,27)(H,25,26,28). The minimum atomic E-state index is -0.208. The Kier molecular flexibility index (Phi) is 6.78. The molecule has 2 amide bonds. The third kappa shape index (κ3) is 5.51. The molecule has 0 saturated heterocycles. The lowest BCUT2D eigenvalue weighted by molar-refractivity contribution is -0.115. The second-order valence-electron chi connectivity index (χ2n) is 6.58. The Hall–Kier alpha value is -3.69. The van der Waals surface area contributed by atoms with Gasteiger partial charge >= 0.3 is 0 Å². The molecule has 0 fully saturated rings. The summed E-state index contributed by atoms with van der Waals surface area (Å²) in [5.74, 6) is 1.46. The second kappa shape index (κ2) is 10.1. The first-order valence-electron chi connectivity index (χ1n) is 9.61. The molecule has 7 nitrogen and oxygen atoms in total. The summed E-state index contributed by atoms with van der Waals surface area (Å²) in [6.07, 6.45) is 0.102. The highest BCUT2D eigenvalue weighted by Gasteiger charge is 2.12. The topological polar surface area (TPSA) is 89.5 Å².